The van der Waals surface area contributed by atoms with Gasteiger partial charge in [-0.2, -0.15) is 5.10 Å². The summed E-state index contributed by atoms with van der Waals surface area (Å²) in [7, 11) is 2.30. The second-order valence-corrected chi connectivity index (χ2v) is 6.46. The molecule has 2 bridgehead atoms. The van der Waals surface area contributed by atoms with Gasteiger partial charge in [-0.3, -0.25) is 0 Å². The van der Waals surface area contributed by atoms with E-state index in [-0.39, 0.29) is 0 Å². The van der Waals surface area contributed by atoms with Gasteiger partial charge in [0.25, 0.3) is 0 Å². The van der Waals surface area contributed by atoms with Gasteiger partial charge in [0, 0.05) is 18.0 Å². The molecule has 2 saturated heterocycles. The summed E-state index contributed by atoms with van der Waals surface area (Å²) in [6, 6.07) is 5.79. The molecule has 0 aliphatic carbocycles. The molecule has 2 unspecified atom stereocenters. The van der Waals surface area contributed by atoms with Crippen LogP contribution in [-0.2, 0) is 0 Å². The summed E-state index contributed by atoms with van der Waals surface area (Å²) in [5, 5.41) is 8.57. The Labute approximate surface area is 116 Å². The number of nitrogens with zero attached hydrogens (tertiary/aromatic N) is 3. The van der Waals surface area contributed by atoms with E-state index in [1.807, 2.05) is 0 Å². The van der Waals surface area contributed by atoms with E-state index in [0.717, 1.165) is 15.8 Å². The van der Waals surface area contributed by atoms with Crippen LogP contribution in [0.2, 0.25) is 0 Å². The Hall–Kier alpha value is -0.230. The summed E-state index contributed by atoms with van der Waals surface area (Å²) in [6.07, 6.45) is 6.66. The van der Waals surface area contributed by atoms with Crippen molar-refractivity contribution in [3.63, 3.8) is 0 Å². The van der Waals surface area contributed by atoms with Gasteiger partial charge in [0.05, 0.1) is 5.69 Å². The molecule has 1 aromatic rings. The molecule has 1 aromatic heterocycles. The molecular formula is C13H18IN3. The number of rotatable bonds is 1. The number of hydrogen-bond acceptors (Lipinski definition) is 3. The molecule has 3 nitrogen and oxygen atoms in total. The summed E-state index contributed by atoms with van der Waals surface area (Å²) in [6.45, 7) is 0. The van der Waals surface area contributed by atoms with Gasteiger partial charge in [0.15, 0.2) is 0 Å². The van der Waals surface area contributed by atoms with Crippen LogP contribution in [0.15, 0.2) is 12.1 Å². The van der Waals surface area contributed by atoms with Gasteiger partial charge < -0.3 is 4.90 Å². The van der Waals surface area contributed by atoms with Gasteiger partial charge in [0.1, 0.15) is 3.70 Å². The van der Waals surface area contributed by atoms with Crippen molar-refractivity contribution < 1.29 is 0 Å². The van der Waals surface area contributed by atoms with Crippen LogP contribution in [0, 0.1) is 3.70 Å². The van der Waals surface area contributed by atoms with Gasteiger partial charge in [-0.25, -0.2) is 0 Å². The molecule has 3 heterocycles. The molecule has 92 valence electrons. The average Bonchev–Trinajstić information content (AvgIpc) is 2.30. The lowest BCUT2D eigenvalue weighted by Crippen LogP contribution is -2.49. The third-order valence-electron chi connectivity index (χ3n) is 4.41. The summed E-state index contributed by atoms with van der Waals surface area (Å²) >= 11 is 2.22. The van der Waals surface area contributed by atoms with Crippen LogP contribution in [-0.4, -0.2) is 34.2 Å². The highest BCUT2D eigenvalue weighted by atomic mass is 127. The first-order chi connectivity index (χ1) is 8.24. The topological polar surface area (TPSA) is 29.0 Å². The van der Waals surface area contributed by atoms with E-state index >= 15 is 0 Å². The lowest BCUT2D eigenvalue weighted by atomic mass is 9.77. The molecule has 0 saturated carbocycles. The molecule has 0 radical (unpaired) electrons. The Morgan fingerprint density at radius 3 is 2.47 bits per heavy atom. The smallest absolute Gasteiger partial charge is 0.124 e. The zero-order chi connectivity index (χ0) is 11.8. The standard InChI is InChI=1S/C13H18IN3/c1-17-10-3-2-4-11(17)8-9(7-10)12-5-6-13(14)16-15-12/h5-6,9-11H,2-4,7-8H2,1H3. The van der Waals surface area contributed by atoms with Crippen molar-refractivity contribution in [1.29, 1.82) is 0 Å². The van der Waals surface area contributed by atoms with Crippen LogP contribution < -0.4 is 0 Å². The van der Waals surface area contributed by atoms with Crippen molar-refractivity contribution in [1.82, 2.24) is 15.1 Å². The number of fused-ring (bicyclic) bond motifs is 2. The second kappa shape index (κ2) is 4.80. The van der Waals surface area contributed by atoms with E-state index in [2.05, 4.69) is 56.9 Å². The van der Waals surface area contributed by atoms with Crippen molar-refractivity contribution >= 4 is 22.6 Å². The Kier molecular flexibility index (Phi) is 3.34. The predicted molar refractivity (Wildman–Crippen MR) is 75.9 cm³/mol. The van der Waals surface area contributed by atoms with Crippen LogP contribution in [0.5, 0.6) is 0 Å². The average molecular weight is 343 g/mol. The van der Waals surface area contributed by atoms with Crippen molar-refractivity contribution in [2.75, 3.05) is 7.05 Å². The highest BCUT2D eigenvalue weighted by molar-refractivity contribution is 14.1. The number of halogens is 1. The summed E-state index contributed by atoms with van der Waals surface area (Å²) in [5.74, 6) is 0.631. The SMILES string of the molecule is CN1C2CCCC1CC(c1ccc(I)nn1)C2. The normalized spacial score (nSPS) is 33.6. The monoisotopic (exact) mass is 343 g/mol. The number of piperidine rings is 2. The first-order valence-electron chi connectivity index (χ1n) is 6.45. The fourth-order valence-corrected chi connectivity index (χ4v) is 3.69. The van der Waals surface area contributed by atoms with Crippen molar-refractivity contribution in [2.24, 2.45) is 0 Å². The van der Waals surface area contributed by atoms with E-state index in [9.17, 15) is 0 Å². The third kappa shape index (κ3) is 2.34. The molecular weight excluding hydrogens is 325 g/mol. The van der Waals surface area contributed by atoms with Crippen LogP contribution >= 0.6 is 22.6 Å². The molecule has 0 amide bonds. The van der Waals surface area contributed by atoms with Crippen LogP contribution in [0.25, 0.3) is 0 Å². The number of aromatic nitrogens is 2. The van der Waals surface area contributed by atoms with E-state index in [4.69, 9.17) is 0 Å². The Morgan fingerprint density at radius 2 is 1.88 bits per heavy atom. The Balaban J connectivity index is 1.79. The molecule has 0 aromatic carbocycles. The van der Waals surface area contributed by atoms with Gasteiger partial charge >= 0.3 is 0 Å². The maximum atomic E-state index is 4.38. The minimum Gasteiger partial charge on any atom is -0.300 e. The van der Waals surface area contributed by atoms with Crippen LogP contribution in [0.1, 0.15) is 43.7 Å². The largest absolute Gasteiger partial charge is 0.300 e. The predicted octanol–water partition coefficient (Wildman–Crippen LogP) is 2.81. The van der Waals surface area contributed by atoms with Crippen molar-refractivity contribution in [3.8, 4) is 0 Å². The molecule has 17 heavy (non-hydrogen) atoms. The highest BCUT2D eigenvalue weighted by Gasteiger charge is 2.36. The highest BCUT2D eigenvalue weighted by Crippen LogP contribution is 2.39. The minimum atomic E-state index is 0.631. The van der Waals surface area contributed by atoms with E-state index in [0.29, 0.717) is 5.92 Å². The molecule has 3 rings (SSSR count). The fraction of sp³-hybridized carbons (Fsp3) is 0.692. The second-order valence-electron chi connectivity index (χ2n) is 5.35. The maximum Gasteiger partial charge on any atom is 0.124 e. The van der Waals surface area contributed by atoms with Gasteiger partial charge in [-0.05, 0) is 67.5 Å². The lowest BCUT2D eigenvalue weighted by molar-refractivity contribution is 0.0545. The van der Waals surface area contributed by atoms with Crippen molar-refractivity contribution in [3.05, 3.63) is 21.5 Å². The minimum absolute atomic E-state index is 0.631. The number of hydrogen-bond donors (Lipinski definition) is 0. The molecule has 2 atom stereocenters. The molecule has 0 N–H and O–H groups in total. The Bertz CT molecular complexity index is 378. The maximum absolute atomic E-state index is 4.38. The van der Waals surface area contributed by atoms with Crippen LogP contribution in [0.3, 0.4) is 0 Å². The van der Waals surface area contributed by atoms with E-state index in [1.54, 1.807) is 0 Å². The summed E-state index contributed by atoms with van der Waals surface area (Å²) < 4.78 is 0.986. The van der Waals surface area contributed by atoms with Crippen molar-refractivity contribution in [2.45, 2.75) is 50.1 Å². The molecule has 4 heteroatoms. The van der Waals surface area contributed by atoms with Crippen LogP contribution in [0.4, 0.5) is 0 Å². The summed E-state index contributed by atoms with van der Waals surface area (Å²) in [4.78, 5) is 2.60. The first kappa shape index (κ1) is 11.8. The third-order valence-corrected chi connectivity index (χ3v) is 4.99. The van der Waals surface area contributed by atoms with Gasteiger partial charge in [-0.15, -0.1) is 5.10 Å². The van der Waals surface area contributed by atoms with E-state index in [1.165, 1.54) is 37.8 Å². The zero-order valence-electron chi connectivity index (χ0n) is 10.1. The molecule has 2 fully saturated rings. The molecule has 0 spiro atoms. The lowest BCUT2D eigenvalue weighted by Gasteiger charge is -2.46. The fourth-order valence-electron chi connectivity index (χ4n) is 3.40. The zero-order valence-corrected chi connectivity index (χ0v) is 12.3. The molecule has 2 aliphatic heterocycles. The molecule has 2 aliphatic rings. The summed E-state index contributed by atoms with van der Waals surface area (Å²) in [5.41, 5.74) is 1.20. The van der Waals surface area contributed by atoms with E-state index < -0.39 is 0 Å². The Morgan fingerprint density at radius 1 is 1.18 bits per heavy atom. The first-order valence-corrected chi connectivity index (χ1v) is 7.53. The van der Waals surface area contributed by atoms with Gasteiger partial charge in [-0.1, -0.05) is 6.42 Å². The quantitative estimate of drug-likeness (QED) is 0.735. The van der Waals surface area contributed by atoms with Gasteiger partial charge in [0.2, 0.25) is 0 Å².